The highest BCUT2D eigenvalue weighted by atomic mass is 16.3. The Kier molecular flexibility index (Phi) is 2.96. The normalized spacial score (nSPS) is 10.0. The summed E-state index contributed by atoms with van der Waals surface area (Å²) < 4.78 is 1.51. The van der Waals surface area contributed by atoms with Crippen LogP contribution in [-0.4, -0.2) is 10.9 Å². The summed E-state index contributed by atoms with van der Waals surface area (Å²) in [6.07, 6.45) is 1.68. The zero-order valence-corrected chi connectivity index (χ0v) is 8.71. The van der Waals surface area contributed by atoms with E-state index in [4.69, 9.17) is 0 Å². The van der Waals surface area contributed by atoms with Gasteiger partial charge in [-0.1, -0.05) is 30.3 Å². The van der Waals surface area contributed by atoms with Crippen molar-refractivity contribution in [3.63, 3.8) is 0 Å². The molecule has 3 nitrogen and oxygen atoms in total. The van der Waals surface area contributed by atoms with E-state index in [1.807, 2.05) is 18.2 Å². The molecule has 0 unspecified atom stereocenters. The summed E-state index contributed by atoms with van der Waals surface area (Å²) in [5, 5.41) is 9.52. The van der Waals surface area contributed by atoms with E-state index in [-0.39, 0.29) is 18.2 Å². The molecule has 1 aromatic carbocycles. The third kappa shape index (κ3) is 2.25. The van der Waals surface area contributed by atoms with Crippen LogP contribution in [0.15, 0.2) is 54.7 Å². The lowest BCUT2D eigenvalue weighted by atomic mass is 10.1. The average Bonchev–Trinajstić information content (AvgIpc) is 2.33. The summed E-state index contributed by atoms with van der Waals surface area (Å²) in [5.41, 5.74) is 0.651. The first-order chi connectivity index (χ1) is 7.77. The number of Topliss-reactive ketones (excluding diaryl/α,β-unsaturated/α-hetero) is 1. The molecule has 0 amide bonds. The highest BCUT2D eigenvalue weighted by Crippen LogP contribution is 2.02. The van der Waals surface area contributed by atoms with Crippen LogP contribution in [0, 0.1) is 0 Å². The number of pyridine rings is 1. The van der Waals surface area contributed by atoms with Crippen molar-refractivity contribution in [3.8, 4) is 5.88 Å². The van der Waals surface area contributed by atoms with Crippen LogP contribution >= 0.6 is 0 Å². The quantitative estimate of drug-likeness (QED) is 0.622. The third-order valence-electron chi connectivity index (χ3n) is 2.33. The van der Waals surface area contributed by atoms with Crippen LogP contribution in [0.5, 0.6) is 5.88 Å². The number of aromatic hydroxyl groups is 1. The standard InChI is InChI=1S/C13H11NO2/c15-12(11-6-2-1-3-7-11)10-14-9-5-4-8-13(14)16/h1-9H,10H2/p+1. The van der Waals surface area contributed by atoms with E-state index in [1.54, 1.807) is 36.5 Å². The molecular weight excluding hydrogens is 202 g/mol. The van der Waals surface area contributed by atoms with Gasteiger partial charge in [-0.15, -0.1) is 0 Å². The van der Waals surface area contributed by atoms with Gasteiger partial charge in [-0.3, -0.25) is 4.79 Å². The van der Waals surface area contributed by atoms with Gasteiger partial charge in [0.1, 0.15) is 0 Å². The van der Waals surface area contributed by atoms with Gasteiger partial charge in [-0.25, -0.2) is 0 Å². The molecule has 0 aliphatic carbocycles. The highest BCUT2D eigenvalue weighted by molar-refractivity contribution is 5.94. The van der Waals surface area contributed by atoms with E-state index in [0.717, 1.165) is 0 Å². The van der Waals surface area contributed by atoms with Crippen molar-refractivity contribution >= 4 is 5.78 Å². The van der Waals surface area contributed by atoms with Crippen LogP contribution in [0.4, 0.5) is 0 Å². The van der Waals surface area contributed by atoms with Crippen molar-refractivity contribution in [3.05, 3.63) is 60.3 Å². The fraction of sp³-hybridized carbons (Fsp3) is 0.0769. The van der Waals surface area contributed by atoms with Crippen LogP contribution in [0.25, 0.3) is 0 Å². The minimum absolute atomic E-state index is 0.0212. The lowest BCUT2D eigenvalue weighted by Crippen LogP contribution is -2.37. The molecule has 1 aromatic heterocycles. The Morgan fingerprint density at radius 1 is 1.06 bits per heavy atom. The van der Waals surface area contributed by atoms with Crippen molar-refractivity contribution in [1.29, 1.82) is 0 Å². The maximum absolute atomic E-state index is 11.8. The Morgan fingerprint density at radius 2 is 1.75 bits per heavy atom. The van der Waals surface area contributed by atoms with Crippen LogP contribution in [0.1, 0.15) is 10.4 Å². The molecule has 80 valence electrons. The lowest BCUT2D eigenvalue weighted by Gasteiger charge is -1.98. The topological polar surface area (TPSA) is 41.2 Å². The van der Waals surface area contributed by atoms with Crippen LogP contribution in [0.3, 0.4) is 0 Å². The van der Waals surface area contributed by atoms with Gasteiger partial charge in [-0.2, -0.15) is 4.57 Å². The Balaban J connectivity index is 2.18. The maximum Gasteiger partial charge on any atom is 0.365 e. The number of carbonyl (C=O) groups is 1. The number of ketones is 1. The van der Waals surface area contributed by atoms with Gasteiger partial charge in [0.05, 0.1) is 6.07 Å². The molecular formula is C13H12NO2+. The minimum atomic E-state index is -0.0212. The predicted octanol–water partition coefficient (Wildman–Crippen LogP) is 1.56. The number of carbonyl (C=O) groups excluding carboxylic acids is 1. The predicted molar refractivity (Wildman–Crippen MR) is 59.1 cm³/mol. The molecule has 0 aliphatic rings. The van der Waals surface area contributed by atoms with E-state index >= 15 is 0 Å². The number of hydrogen-bond donors (Lipinski definition) is 1. The number of aromatic nitrogens is 1. The molecule has 1 N–H and O–H groups in total. The SMILES string of the molecule is O=C(C[n+]1ccccc1O)c1ccccc1. The smallest absolute Gasteiger partial charge is 0.365 e. The first-order valence-electron chi connectivity index (χ1n) is 5.03. The molecule has 0 bridgehead atoms. The van der Waals surface area contributed by atoms with Crippen molar-refractivity contribution in [2.75, 3.05) is 0 Å². The molecule has 0 aliphatic heterocycles. The summed E-state index contributed by atoms with van der Waals surface area (Å²) in [6.45, 7) is 0.149. The Bertz CT molecular complexity index is 494. The third-order valence-corrected chi connectivity index (χ3v) is 2.33. The molecule has 2 aromatic rings. The molecule has 0 atom stereocenters. The zero-order valence-electron chi connectivity index (χ0n) is 8.71. The van der Waals surface area contributed by atoms with Crippen LogP contribution < -0.4 is 4.57 Å². The first kappa shape index (κ1) is 10.4. The summed E-state index contributed by atoms with van der Waals surface area (Å²) in [7, 11) is 0. The molecule has 3 heteroatoms. The summed E-state index contributed by atoms with van der Waals surface area (Å²) >= 11 is 0. The van der Waals surface area contributed by atoms with E-state index < -0.39 is 0 Å². The Hall–Kier alpha value is -2.16. The van der Waals surface area contributed by atoms with Gasteiger partial charge in [-0.05, 0) is 6.07 Å². The highest BCUT2D eigenvalue weighted by Gasteiger charge is 2.14. The van der Waals surface area contributed by atoms with Crippen molar-refractivity contribution in [1.82, 2.24) is 0 Å². The fourth-order valence-electron chi connectivity index (χ4n) is 1.47. The van der Waals surface area contributed by atoms with Crippen LogP contribution in [-0.2, 0) is 6.54 Å². The van der Waals surface area contributed by atoms with Crippen LogP contribution in [0.2, 0.25) is 0 Å². The summed E-state index contributed by atoms with van der Waals surface area (Å²) in [4.78, 5) is 11.8. The molecule has 16 heavy (non-hydrogen) atoms. The van der Waals surface area contributed by atoms with Gasteiger partial charge in [0.25, 0.3) is 0 Å². The molecule has 0 spiro atoms. The summed E-state index contributed by atoms with van der Waals surface area (Å²) in [5.74, 6) is 0.0684. The monoisotopic (exact) mass is 214 g/mol. The fourth-order valence-corrected chi connectivity index (χ4v) is 1.47. The maximum atomic E-state index is 11.8. The Labute approximate surface area is 93.6 Å². The lowest BCUT2D eigenvalue weighted by molar-refractivity contribution is -0.689. The molecule has 0 saturated carbocycles. The minimum Gasteiger partial charge on any atom is -0.460 e. The molecule has 0 radical (unpaired) electrons. The summed E-state index contributed by atoms with van der Waals surface area (Å²) in [6, 6.07) is 14.1. The van der Waals surface area contributed by atoms with Gasteiger partial charge in [0.2, 0.25) is 12.3 Å². The number of nitrogens with zero attached hydrogens (tertiary/aromatic N) is 1. The first-order valence-corrected chi connectivity index (χ1v) is 5.03. The van der Waals surface area contributed by atoms with E-state index in [9.17, 15) is 9.90 Å². The Morgan fingerprint density at radius 3 is 2.44 bits per heavy atom. The van der Waals surface area contributed by atoms with E-state index in [0.29, 0.717) is 5.56 Å². The van der Waals surface area contributed by atoms with Crippen molar-refractivity contribution in [2.24, 2.45) is 0 Å². The van der Waals surface area contributed by atoms with Gasteiger partial charge >= 0.3 is 5.88 Å². The largest absolute Gasteiger partial charge is 0.460 e. The number of benzene rings is 1. The second-order valence-electron chi connectivity index (χ2n) is 3.48. The average molecular weight is 214 g/mol. The van der Waals surface area contributed by atoms with E-state index in [2.05, 4.69) is 0 Å². The molecule has 0 fully saturated rings. The second-order valence-corrected chi connectivity index (χ2v) is 3.48. The molecule has 1 heterocycles. The number of rotatable bonds is 3. The molecule has 0 saturated heterocycles. The van der Waals surface area contributed by atoms with E-state index in [1.165, 1.54) is 4.57 Å². The zero-order chi connectivity index (χ0) is 11.4. The van der Waals surface area contributed by atoms with Crippen molar-refractivity contribution in [2.45, 2.75) is 6.54 Å². The van der Waals surface area contributed by atoms with Gasteiger partial charge < -0.3 is 5.11 Å². The van der Waals surface area contributed by atoms with Crippen molar-refractivity contribution < 1.29 is 14.5 Å². The second kappa shape index (κ2) is 4.57. The van der Waals surface area contributed by atoms with Gasteiger partial charge in [0, 0.05) is 11.6 Å². The number of hydrogen-bond acceptors (Lipinski definition) is 2. The van der Waals surface area contributed by atoms with Gasteiger partial charge in [0.15, 0.2) is 6.20 Å². The molecule has 2 rings (SSSR count).